The van der Waals surface area contributed by atoms with Crippen molar-refractivity contribution in [1.82, 2.24) is 4.90 Å². The van der Waals surface area contributed by atoms with Crippen molar-refractivity contribution in [1.29, 1.82) is 0 Å². The number of benzene rings is 2. The predicted octanol–water partition coefficient (Wildman–Crippen LogP) is 5.92. The number of fused-ring (bicyclic) bond motifs is 1. The Morgan fingerprint density at radius 2 is 1.93 bits per heavy atom. The lowest BCUT2D eigenvalue weighted by molar-refractivity contribution is -0.144. The van der Waals surface area contributed by atoms with Crippen molar-refractivity contribution < 1.29 is 28.9 Å². The Morgan fingerprint density at radius 1 is 1.14 bits per heavy atom. The van der Waals surface area contributed by atoms with E-state index in [1.807, 2.05) is 68.1 Å². The van der Waals surface area contributed by atoms with Crippen molar-refractivity contribution in [3.05, 3.63) is 82.6 Å². The van der Waals surface area contributed by atoms with Crippen LogP contribution in [0.25, 0.3) is 0 Å². The second-order valence-electron chi connectivity index (χ2n) is 12.0. The van der Waals surface area contributed by atoms with Gasteiger partial charge in [0.1, 0.15) is 18.1 Å². The van der Waals surface area contributed by atoms with Crippen LogP contribution in [-0.2, 0) is 25.5 Å². The molecule has 4 atom stereocenters. The summed E-state index contributed by atoms with van der Waals surface area (Å²) in [6.45, 7) is 10.2. The maximum atomic E-state index is 13.5. The van der Waals surface area contributed by atoms with Gasteiger partial charge in [0, 0.05) is 24.7 Å². The fourth-order valence-electron chi connectivity index (χ4n) is 6.71. The maximum Gasteiger partial charge on any atom is 0.308 e. The van der Waals surface area contributed by atoms with E-state index in [1.54, 1.807) is 0 Å². The summed E-state index contributed by atoms with van der Waals surface area (Å²) in [5.41, 5.74) is 5.00. The number of carbonyl (C=O) groups excluding carboxylic acids is 1. The SMILES string of the molecule is CCc1cccc(C)c1NC(=O)CN1C[C@H](C2C=C3OCCC3=CC2)[C@@H](C(=O)O)[C@@H]1c1ccc(OCCOC(C)C)cc1. The summed E-state index contributed by atoms with van der Waals surface area (Å²) < 4.78 is 17.3. The fraction of sp³-hybridized carbons (Fsp3) is 0.486. The number of rotatable bonds is 12. The first kappa shape index (κ1) is 30.8. The van der Waals surface area contributed by atoms with Crippen LogP contribution >= 0.6 is 0 Å². The van der Waals surface area contributed by atoms with Gasteiger partial charge in [0.15, 0.2) is 0 Å². The highest BCUT2D eigenvalue weighted by Crippen LogP contribution is 2.47. The second-order valence-corrected chi connectivity index (χ2v) is 12.0. The summed E-state index contributed by atoms with van der Waals surface area (Å²) in [5, 5.41) is 13.8. The minimum Gasteiger partial charge on any atom is -0.493 e. The third kappa shape index (κ3) is 7.13. The van der Waals surface area contributed by atoms with Gasteiger partial charge < -0.3 is 24.6 Å². The first-order valence-corrected chi connectivity index (χ1v) is 15.5. The Hall–Kier alpha value is -3.62. The maximum absolute atomic E-state index is 13.5. The molecule has 2 aromatic carbocycles. The Morgan fingerprint density at radius 3 is 2.65 bits per heavy atom. The number of likely N-dealkylation sites (tertiary alicyclic amines) is 1. The highest BCUT2D eigenvalue weighted by atomic mass is 16.5. The van der Waals surface area contributed by atoms with Crippen LogP contribution in [-0.4, -0.2) is 60.9 Å². The lowest BCUT2D eigenvalue weighted by Crippen LogP contribution is -2.35. The molecule has 0 bridgehead atoms. The van der Waals surface area contributed by atoms with Crippen molar-refractivity contribution >= 4 is 17.6 Å². The van der Waals surface area contributed by atoms with Crippen LogP contribution in [0, 0.1) is 24.7 Å². The Balaban J connectivity index is 1.40. The van der Waals surface area contributed by atoms with E-state index in [0.717, 1.165) is 47.4 Å². The summed E-state index contributed by atoms with van der Waals surface area (Å²) in [6, 6.07) is 13.2. The summed E-state index contributed by atoms with van der Waals surface area (Å²) in [4.78, 5) is 28.6. The fourth-order valence-corrected chi connectivity index (χ4v) is 6.71. The third-order valence-electron chi connectivity index (χ3n) is 8.80. The van der Waals surface area contributed by atoms with E-state index in [0.29, 0.717) is 32.1 Å². The van der Waals surface area contributed by atoms with Crippen LogP contribution in [0.2, 0.25) is 0 Å². The topological polar surface area (TPSA) is 97.3 Å². The Bertz CT molecular complexity index is 1360. The monoisotopic (exact) mass is 588 g/mol. The van der Waals surface area contributed by atoms with Crippen LogP contribution in [0.5, 0.6) is 5.75 Å². The first-order valence-electron chi connectivity index (χ1n) is 15.5. The normalized spacial score (nSPS) is 23.4. The molecule has 0 aromatic heterocycles. The summed E-state index contributed by atoms with van der Waals surface area (Å²) in [7, 11) is 0. The molecule has 5 rings (SSSR count). The number of carbonyl (C=O) groups is 2. The zero-order valence-electron chi connectivity index (χ0n) is 25.7. The number of hydrogen-bond acceptors (Lipinski definition) is 6. The van der Waals surface area contributed by atoms with Crippen molar-refractivity contribution in [2.45, 2.75) is 59.1 Å². The van der Waals surface area contributed by atoms with Gasteiger partial charge in [0.2, 0.25) is 5.91 Å². The van der Waals surface area contributed by atoms with E-state index in [9.17, 15) is 14.7 Å². The molecule has 2 N–H and O–H groups in total. The number of amides is 1. The quantitative estimate of drug-likeness (QED) is 0.297. The van der Waals surface area contributed by atoms with Crippen LogP contribution in [0.4, 0.5) is 5.69 Å². The number of anilines is 1. The summed E-state index contributed by atoms with van der Waals surface area (Å²) >= 11 is 0. The first-order chi connectivity index (χ1) is 20.7. The van der Waals surface area contributed by atoms with Gasteiger partial charge in [-0.3, -0.25) is 14.5 Å². The number of aliphatic carboxylic acids is 1. The number of allylic oxidation sites excluding steroid dienone is 3. The molecule has 0 radical (unpaired) electrons. The number of ether oxygens (including phenoxy) is 3. The number of carboxylic acid groups (broad SMARTS) is 1. The smallest absolute Gasteiger partial charge is 0.308 e. The molecule has 2 aromatic rings. The lowest BCUT2D eigenvalue weighted by Gasteiger charge is -2.28. The molecule has 8 heteroatoms. The van der Waals surface area contributed by atoms with Crippen molar-refractivity contribution in [3.63, 3.8) is 0 Å². The zero-order valence-corrected chi connectivity index (χ0v) is 25.7. The molecule has 2 heterocycles. The number of aryl methyl sites for hydroxylation is 2. The standard InChI is InChI=1S/C35H44N2O6/c1-5-24-8-6-7-23(4)33(24)36-31(38)21-37-20-29(27-10-9-25-15-16-43-30(25)19-27)32(35(39)40)34(37)26-11-13-28(14-12-26)42-18-17-41-22(2)3/h6-9,11-14,19,22,27,29,32,34H,5,10,15-18,20-21H2,1-4H3,(H,36,38)(H,39,40)/t27?,29-,32-,34+/m1/s1. The van der Waals surface area contributed by atoms with Gasteiger partial charge >= 0.3 is 5.97 Å². The molecule has 230 valence electrons. The van der Waals surface area contributed by atoms with Gasteiger partial charge in [0.05, 0.1) is 31.8 Å². The van der Waals surface area contributed by atoms with E-state index < -0.39 is 17.9 Å². The molecule has 0 saturated carbocycles. The van der Waals surface area contributed by atoms with Crippen molar-refractivity contribution in [3.8, 4) is 5.75 Å². The average molecular weight is 589 g/mol. The Labute approximate surface area is 254 Å². The molecule has 2 aliphatic heterocycles. The van der Waals surface area contributed by atoms with Gasteiger partial charge in [-0.1, -0.05) is 43.3 Å². The average Bonchev–Trinajstić information content (AvgIpc) is 3.61. The molecule has 1 aliphatic carbocycles. The molecular weight excluding hydrogens is 544 g/mol. The molecule has 8 nitrogen and oxygen atoms in total. The summed E-state index contributed by atoms with van der Waals surface area (Å²) in [6.07, 6.45) is 6.95. The number of nitrogens with zero attached hydrogens (tertiary/aromatic N) is 1. The molecule has 2 saturated heterocycles. The van der Waals surface area contributed by atoms with E-state index in [4.69, 9.17) is 14.2 Å². The second kappa shape index (κ2) is 13.8. The van der Waals surface area contributed by atoms with E-state index in [2.05, 4.69) is 24.4 Å². The van der Waals surface area contributed by atoms with Crippen molar-refractivity contribution in [2.24, 2.45) is 17.8 Å². The molecule has 1 unspecified atom stereocenters. The van der Waals surface area contributed by atoms with Crippen LogP contribution in [0.15, 0.2) is 65.9 Å². The predicted molar refractivity (Wildman–Crippen MR) is 166 cm³/mol. The molecule has 43 heavy (non-hydrogen) atoms. The van der Waals surface area contributed by atoms with E-state index in [1.165, 1.54) is 5.57 Å². The van der Waals surface area contributed by atoms with Crippen LogP contribution in [0.1, 0.15) is 56.3 Å². The molecule has 0 spiro atoms. The third-order valence-corrected chi connectivity index (χ3v) is 8.80. The highest BCUT2D eigenvalue weighted by Gasteiger charge is 2.50. The molecule has 1 amide bonds. The van der Waals surface area contributed by atoms with E-state index in [-0.39, 0.29) is 30.4 Å². The van der Waals surface area contributed by atoms with Gasteiger partial charge in [-0.15, -0.1) is 0 Å². The highest BCUT2D eigenvalue weighted by molar-refractivity contribution is 5.94. The minimum absolute atomic E-state index is 0.0140. The van der Waals surface area contributed by atoms with Gasteiger partial charge in [-0.05, 0) is 85.9 Å². The Kier molecular flexibility index (Phi) is 9.88. The van der Waals surface area contributed by atoms with E-state index >= 15 is 0 Å². The van der Waals surface area contributed by atoms with Gasteiger partial charge in [0.25, 0.3) is 0 Å². The molecular formula is C35H44N2O6. The number of para-hydroxylation sites is 1. The molecule has 3 aliphatic rings. The lowest BCUT2D eigenvalue weighted by atomic mass is 9.76. The number of nitrogens with one attached hydrogen (secondary N) is 1. The number of carboxylic acids is 1. The molecule has 2 fully saturated rings. The minimum atomic E-state index is -0.850. The van der Waals surface area contributed by atoms with Crippen LogP contribution < -0.4 is 10.1 Å². The van der Waals surface area contributed by atoms with Crippen molar-refractivity contribution in [2.75, 3.05) is 38.2 Å². The number of hydrogen-bond donors (Lipinski definition) is 2. The van der Waals surface area contributed by atoms with Gasteiger partial charge in [-0.25, -0.2) is 0 Å². The van der Waals surface area contributed by atoms with Crippen LogP contribution in [0.3, 0.4) is 0 Å². The summed E-state index contributed by atoms with van der Waals surface area (Å²) in [5.74, 6) is -0.270. The zero-order chi connectivity index (χ0) is 30.5. The van der Waals surface area contributed by atoms with Gasteiger partial charge in [-0.2, -0.15) is 0 Å². The largest absolute Gasteiger partial charge is 0.493 e.